The molecule has 2 aromatic carbocycles. The molecule has 5 nitrogen and oxygen atoms in total. The molecule has 2 aliphatic rings. The van der Waals surface area contributed by atoms with Gasteiger partial charge >= 0.3 is 0 Å². The highest BCUT2D eigenvalue weighted by Gasteiger charge is 2.24. The Morgan fingerprint density at radius 1 is 0.931 bits per heavy atom. The van der Waals surface area contributed by atoms with Gasteiger partial charge in [0.1, 0.15) is 0 Å². The van der Waals surface area contributed by atoms with Gasteiger partial charge in [-0.1, -0.05) is 42.5 Å². The summed E-state index contributed by atoms with van der Waals surface area (Å²) >= 11 is 0. The van der Waals surface area contributed by atoms with Crippen LogP contribution < -0.4 is 10.2 Å². The average molecular weight is 392 g/mol. The number of amides is 2. The Bertz CT molecular complexity index is 829. The quantitative estimate of drug-likeness (QED) is 0.788. The maximum Gasteiger partial charge on any atom is 0.227 e. The van der Waals surface area contributed by atoms with Crippen molar-refractivity contribution in [3.05, 3.63) is 65.7 Å². The molecule has 0 saturated carbocycles. The zero-order valence-electron chi connectivity index (χ0n) is 16.8. The Hall–Kier alpha value is -2.66. The van der Waals surface area contributed by atoms with Crippen molar-refractivity contribution in [3.8, 4) is 0 Å². The number of nitrogens with zero attached hydrogens (tertiary/aromatic N) is 2. The summed E-state index contributed by atoms with van der Waals surface area (Å²) in [6, 6.07) is 18.5. The van der Waals surface area contributed by atoms with Crippen molar-refractivity contribution in [1.29, 1.82) is 0 Å². The normalized spacial score (nSPS) is 18.2. The lowest BCUT2D eigenvalue weighted by Crippen LogP contribution is -2.37. The second-order valence-corrected chi connectivity index (χ2v) is 7.97. The summed E-state index contributed by atoms with van der Waals surface area (Å²) in [5.74, 6) is 0.222. The topological polar surface area (TPSA) is 52.7 Å². The van der Waals surface area contributed by atoms with Gasteiger partial charge in [-0.15, -0.1) is 0 Å². The maximum absolute atomic E-state index is 12.6. The number of hydrogen-bond acceptors (Lipinski definition) is 3. The molecule has 152 valence electrons. The Labute approximate surface area is 172 Å². The molecule has 0 aromatic heterocycles. The molecule has 5 heteroatoms. The van der Waals surface area contributed by atoms with Gasteiger partial charge in [0.15, 0.2) is 0 Å². The molecule has 2 aliphatic heterocycles. The molecule has 0 radical (unpaired) electrons. The average Bonchev–Trinajstić information content (AvgIpc) is 3.42. The minimum atomic E-state index is 0.0372. The first-order valence-corrected chi connectivity index (χ1v) is 10.7. The van der Waals surface area contributed by atoms with E-state index in [1.54, 1.807) is 0 Å². The molecule has 0 spiro atoms. The standard InChI is InChI=1S/C24H29N3O2/c28-23(17-19-10-12-21(13-11-19)27-16-6-9-24(27)29)25-18-22(26-14-4-5-15-26)20-7-2-1-3-8-20/h1-3,7-8,10-13,22H,4-6,9,14-18H2,(H,25,28). The van der Waals surface area contributed by atoms with Crippen molar-refractivity contribution in [2.24, 2.45) is 0 Å². The molecule has 0 aliphatic carbocycles. The van der Waals surface area contributed by atoms with Crippen LogP contribution in [0.5, 0.6) is 0 Å². The maximum atomic E-state index is 12.6. The third kappa shape index (κ3) is 4.85. The molecule has 2 heterocycles. The molecule has 0 bridgehead atoms. The van der Waals surface area contributed by atoms with E-state index in [4.69, 9.17) is 0 Å². The highest BCUT2D eigenvalue weighted by molar-refractivity contribution is 5.95. The zero-order valence-corrected chi connectivity index (χ0v) is 16.8. The summed E-state index contributed by atoms with van der Waals surface area (Å²) in [4.78, 5) is 28.7. The van der Waals surface area contributed by atoms with Crippen molar-refractivity contribution < 1.29 is 9.59 Å². The molecule has 2 fully saturated rings. The summed E-state index contributed by atoms with van der Waals surface area (Å²) in [6.07, 6.45) is 4.36. The first kappa shape index (κ1) is 19.6. The van der Waals surface area contributed by atoms with Crippen molar-refractivity contribution in [1.82, 2.24) is 10.2 Å². The monoisotopic (exact) mass is 391 g/mol. The fraction of sp³-hybridized carbons (Fsp3) is 0.417. The van der Waals surface area contributed by atoms with Crippen molar-refractivity contribution >= 4 is 17.5 Å². The molecular weight excluding hydrogens is 362 g/mol. The lowest BCUT2D eigenvalue weighted by atomic mass is 10.1. The third-order valence-corrected chi connectivity index (χ3v) is 5.94. The lowest BCUT2D eigenvalue weighted by molar-refractivity contribution is -0.120. The molecular formula is C24H29N3O2. The van der Waals surface area contributed by atoms with Gasteiger partial charge in [-0.2, -0.15) is 0 Å². The second-order valence-electron chi connectivity index (χ2n) is 7.97. The number of likely N-dealkylation sites (tertiary alicyclic amines) is 1. The summed E-state index contributed by atoms with van der Waals surface area (Å²) in [7, 11) is 0. The van der Waals surface area contributed by atoms with Crippen LogP contribution in [0.3, 0.4) is 0 Å². The molecule has 2 saturated heterocycles. The number of carbonyl (C=O) groups is 2. The molecule has 4 rings (SSSR count). The Kier molecular flexibility index (Phi) is 6.25. The van der Waals surface area contributed by atoms with Crippen LogP contribution in [0.4, 0.5) is 5.69 Å². The van der Waals surface area contributed by atoms with Crippen LogP contribution in [-0.2, 0) is 16.0 Å². The van der Waals surface area contributed by atoms with Crippen LogP contribution >= 0.6 is 0 Å². The molecule has 1 atom stereocenters. The van der Waals surface area contributed by atoms with Crippen molar-refractivity contribution in [2.75, 3.05) is 31.1 Å². The van der Waals surface area contributed by atoms with Gasteiger partial charge < -0.3 is 10.2 Å². The van der Waals surface area contributed by atoms with Crippen LogP contribution in [0.25, 0.3) is 0 Å². The van der Waals surface area contributed by atoms with Gasteiger partial charge in [-0.25, -0.2) is 0 Å². The van der Waals surface area contributed by atoms with E-state index in [-0.39, 0.29) is 17.9 Å². The Balaban J connectivity index is 1.34. The number of nitrogens with one attached hydrogen (secondary N) is 1. The van der Waals surface area contributed by atoms with E-state index in [1.807, 2.05) is 35.2 Å². The van der Waals surface area contributed by atoms with Gasteiger partial charge in [-0.05, 0) is 55.6 Å². The fourth-order valence-electron chi connectivity index (χ4n) is 4.36. The van der Waals surface area contributed by atoms with Crippen molar-refractivity contribution in [3.63, 3.8) is 0 Å². The van der Waals surface area contributed by atoms with Crippen LogP contribution in [0.2, 0.25) is 0 Å². The number of anilines is 1. The minimum Gasteiger partial charge on any atom is -0.354 e. The second kappa shape index (κ2) is 9.23. The predicted octanol–water partition coefficient (Wildman–Crippen LogP) is 3.31. The molecule has 1 N–H and O–H groups in total. The van der Waals surface area contributed by atoms with Crippen molar-refractivity contribution in [2.45, 2.75) is 38.1 Å². The Morgan fingerprint density at radius 3 is 2.31 bits per heavy atom. The van der Waals surface area contributed by atoms with Crippen LogP contribution in [-0.4, -0.2) is 42.9 Å². The van der Waals surface area contributed by atoms with E-state index in [1.165, 1.54) is 18.4 Å². The van der Waals surface area contributed by atoms with Gasteiger partial charge in [0, 0.05) is 25.2 Å². The van der Waals surface area contributed by atoms with Crippen LogP contribution in [0.1, 0.15) is 42.9 Å². The summed E-state index contributed by atoms with van der Waals surface area (Å²) in [5.41, 5.74) is 3.15. The molecule has 1 unspecified atom stereocenters. The number of benzene rings is 2. The lowest BCUT2D eigenvalue weighted by Gasteiger charge is -2.28. The summed E-state index contributed by atoms with van der Waals surface area (Å²) < 4.78 is 0. The Morgan fingerprint density at radius 2 is 1.66 bits per heavy atom. The minimum absolute atomic E-state index is 0.0372. The van der Waals surface area contributed by atoms with E-state index in [9.17, 15) is 9.59 Å². The largest absolute Gasteiger partial charge is 0.354 e. The molecule has 2 amide bonds. The van der Waals surface area contributed by atoms with Crippen LogP contribution in [0, 0.1) is 0 Å². The van der Waals surface area contributed by atoms with Gasteiger partial charge in [0.05, 0.1) is 12.5 Å². The van der Waals surface area contributed by atoms with E-state index >= 15 is 0 Å². The summed E-state index contributed by atoms with van der Waals surface area (Å²) in [6.45, 7) is 3.59. The first-order valence-electron chi connectivity index (χ1n) is 10.7. The van der Waals surface area contributed by atoms with Gasteiger partial charge in [0.2, 0.25) is 11.8 Å². The third-order valence-electron chi connectivity index (χ3n) is 5.94. The first-order chi connectivity index (χ1) is 14.2. The molecule has 2 aromatic rings. The SMILES string of the molecule is O=C(Cc1ccc(N2CCCC2=O)cc1)NCC(c1ccccc1)N1CCCC1. The summed E-state index contributed by atoms with van der Waals surface area (Å²) in [5, 5.41) is 3.14. The smallest absolute Gasteiger partial charge is 0.227 e. The highest BCUT2D eigenvalue weighted by atomic mass is 16.2. The highest BCUT2D eigenvalue weighted by Crippen LogP contribution is 2.25. The van der Waals surface area contributed by atoms with Gasteiger partial charge in [-0.3, -0.25) is 14.5 Å². The van der Waals surface area contributed by atoms with Crippen LogP contribution in [0.15, 0.2) is 54.6 Å². The predicted molar refractivity (Wildman–Crippen MR) is 115 cm³/mol. The van der Waals surface area contributed by atoms with E-state index in [2.05, 4.69) is 34.5 Å². The zero-order chi connectivity index (χ0) is 20.1. The van der Waals surface area contributed by atoms with E-state index in [0.717, 1.165) is 37.3 Å². The van der Waals surface area contributed by atoms with E-state index in [0.29, 0.717) is 19.4 Å². The van der Waals surface area contributed by atoms with E-state index < -0.39 is 0 Å². The number of rotatable bonds is 7. The number of carbonyl (C=O) groups excluding carboxylic acids is 2. The number of hydrogen-bond donors (Lipinski definition) is 1. The molecule has 29 heavy (non-hydrogen) atoms. The fourth-order valence-corrected chi connectivity index (χ4v) is 4.36. The van der Waals surface area contributed by atoms with Gasteiger partial charge in [0.25, 0.3) is 0 Å².